The van der Waals surface area contributed by atoms with E-state index in [9.17, 15) is 13.2 Å². The minimum Gasteiger partial charge on any atom is -0.466 e. The summed E-state index contributed by atoms with van der Waals surface area (Å²) >= 11 is 3.37. The van der Waals surface area contributed by atoms with Crippen LogP contribution in [0.15, 0.2) is 27.6 Å². The van der Waals surface area contributed by atoms with Crippen molar-refractivity contribution < 1.29 is 17.9 Å². The lowest BCUT2D eigenvalue weighted by Crippen LogP contribution is -2.40. The summed E-state index contributed by atoms with van der Waals surface area (Å²) in [6.45, 7) is 4.68. The Kier molecular flexibility index (Phi) is 5.63. The Bertz CT molecular complexity index is 652. The summed E-state index contributed by atoms with van der Waals surface area (Å²) < 4.78 is 32.6. The molecule has 0 unspecified atom stereocenters. The van der Waals surface area contributed by atoms with Crippen LogP contribution in [0.25, 0.3) is 0 Å². The molecule has 0 spiro atoms. The van der Waals surface area contributed by atoms with Crippen LogP contribution >= 0.6 is 15.9 Å². The Morgan fingerprint density at radius 1 is 1.36 bits per heavy atom. The molecule has 1 aromatic carbocycles. The Morgan fingerprint density at radius 3 is 2.55 bits per heavy atom. The van der Waals surface area contributed by atoms with E-state index in [0.717, 1.165) is 10.0 Å². The fourth-order valence-electron chi connectivity index (χ4n) is 2.52. The molecule has 1 fully saturated rings. The van der Waals surface area contributed by atoms with E-state index >= 15 is 0 Å². The molecule has 0 bridgehead atoms. The molecule has 1 aliphatic heterocycles. The monoisotopic (exact) mass is 389 g/mol. The second-order valence-electron chi connectivity index (χ2n) is 5.34. The molecule has 2 rings (SSSR count). The molecule has 0 aromatic heterocycles. The molecule has 22 heavy (non-hydrogen) atoms. The lowest BCUT2D eigenvalue weighted by atomic mass is 9.98. The SMILES string of the molecule is CCOC(=O)C1CCN(S(=O)(=O)c2ccc(Br)c(C)c2)CC1. The van der Waals surface area contributed by atoms with E-state index < -0.39 is 10.0 Å². The minimum absolute atomic E-state index is 0.196. The quantitative estimate of drug-likeness (QED) is 0.742. The summed E-state index contributed by atoms with van der Waals surface area (Å²) in [5, 5.41) is 0. The third-order valence-electron chi connectivity index (χ3n) is 3.84. The van der Waals surface area contributed by atoms with Gasteiger partial charge >= 0.3 is 5.97 Å². The molecule has 0 atom stereocenters. The van der Waals surface area contributed by atoms with E-state index in [-0.39, 0.29) is 11.9 Å². The van der Waals surface area contributed by atoms with Gasteiger partial charge in [0.2, 0.25) is 10.0 Å². The maximum Gasteiger partial charge on any atom is 0.309 e. The molecule has 1 heterocycles. The number of rotatable bonds is 4. The van der Waals surface area contributed by atoms with Gasteiger partial charge in [-0.15, -0.1) is 0 Å². The molecule has 0 saturated carbocycles. The zero-order chi connectivity index (χ0) is 16.3. The number of sulfonamides is 1. The zero-order valence-electron chi connectivity index (χ0n) is 12.7. The highest BCUT2D eigenvalue weighted by Crippen LogP contribution is 2.26. The molecule has 122 valence electrons. The molecule has 0 amide bonds. The van der Waals surface area contributed by atoms with Crippen molar-refractivity contribution in [3.8, 4) is 0 Å². The number of benzene rings is 1. The summed E-state index contributed by atoms with van der Waals surface area (Å²) in [4.78, 5) is 12.0. The number of halogens is 1. The minimum atomic E-state index is -3.50. The van der Waals surface area contributed by atoms with Gasteiger partial charge in [0.05, 0.1) is 17.4 Å². The summed E-state index contributed by atoms with van der Waals surface area (Å²) in [5.74, 6) is -0.419. The smallest absolute Gasteiger partial charge is 0.309 e. The number of carbonyl (C=O) groups excluding carboxylic acids is 1. The number of hydrogen-bond donors (Lipinski definition) is 0. The molecule has 0 N–H and O–H groups in total. The van der Waals surface area contributed by atoms with Gasteiger partial charge in [-0.25, -0.2) is 8.42 Å². The van der Waals surface area contributed by atoms with Crippen LogP contribution in [0.3, 0.4) is 0 Å². The molecule has 0 aliphatic carbocycles. The van der Waals surface area contributed by atoms with Crippen molar-refractivity contribution in [2.75, 3.05) is 19.7 Å². The van der Waals surface area contributed by atoms with Crippen LogP contribution in [0, 0.1) is 12.8 Å². The van der Waals surface area contributed by atoms with Gasteiger partial charge in [0, 0.05) is 17.6 Å². The number of aryl methyl sites for hydroxylation is 1. The van der Waals surface area contributed by atoms with E-state index in [1.54, 1.807) is 25.1 Å². The molecule has 1 aliphatic rings. The first kappa shape index (κ1) is 17.4. The summed E-state index contributed by atoms with van der Waals surface area (Å²) in [7, 11) is -3.50. The molecular formula is C15H20BrNO4S. The first-order valence-electron chi connectivity index (χ1n) is 7.29. The molecule has 7 heteroatoms. The van der Waals surface area contributed by atoms with E-state index in [4.69, 9.17) is 4.74 Å². The second-order valence-corrected chi connectivity index (χ2v) is 8.13. The average molecular weight is 390 g/mol. The summed E-state index contributed by atoms with van der Waals surface area (Å²) in [6, 6.07) is 5.01. The normalized spacial score (nSPS) is 17.4. The van der Waals surface area contributed by atoms with Crippen molar-refractivity contribution in [1.29, 1.82) is 0 Å². The average Bonchev–Trinajstić information content (AvgIpc) is 2.50. The molecule has 5 nitrogen and oxygen atoms in total. The third-order valence-corrected chi connectivity index (χ3v) is 6.63. The van der Waals surface area contributed by atoms with Crippen LogP contribution in [0.1, 0.15) is 25.3 Å². The maximum absolute atomic E-state index is 12.6. The lowest BCUT2D eigenvalue weighted by molar-refractivity contribution is -0.149. The van der Waals surface area contributed by atoms with Crippen LogP contribution < -0.4 is 0 Å². The van der Waals surface area contributed by atoms with Crippen molar-refractivity contribution in [2.45, 2.75) is 31.6 Å². The van der Waals surface area contributed by atoms with E-state index in [1.807, 2.05) is 6.92 Å². The van der Waals surface area contributed by atoms with Crippen molar-refractivity contribution in [3.05, 3.63) is 28.2 Å². The van der Waals surface area contributed by atoms with Gasteiger partial charge in [0.1, 0.15) is 0 Å². The molecule has 1 saturated heterocycles. The Hall–Kier alpha value is -0.920. The summed E-state index contributed by atoms with van der Waals surface area (Å²) in [6.07, 6.45) is 1.02. The predicted octanol–water partition coefficient (Wildman–Crippen LogP) is 2.72. The standard InChI is InChI=1S/C15H20BrNO4S/c1-3-21-15(18)12-6-8-17(9-7-12)22(19,20)13-4-5-14(16)11(2)10-13/h4-5,10,12H,3,6-9H2,1-2H3. The maximum atomic E-state index is 12.6. The topological polar surface area (TPSA) is 63.7 Å². The van der Waals surface area contributed by atoms with Crippen LogP contribution in [-0.4, -0.2) is 38.4 Å². The number of nitrogens with zero attached hydrogens (tertiary/aromatic N) is 1. The number of carbonyl (C=O) groups is 1. The first-order valence-corrected chi connectivity index (χ1v) is 9.52. The fourth-order valence-corrected chi connectivity index (χ4v) is 4.32. The number of hydrogen-bond acceptors (Lipinski definition) is 4. The molecular weight excluding hydrogens is 370 g/mol. The van der Waals surface area contributed by atoms with Crippen LogP contribution in [0.4, 0.5) is 0 Å². The van der Waals surface area contributed by atoms with Gasteiger partial charge in [-0.05, 0) is 50.5 Å². The number of piperidine rings is 1. The van der Waals surface area contributed by atoms with Gasteiger partial charge in [-0.1, -0.05) is 15.9 Å². The predicted molar refractivity (Wildman–Crippen MR) is 87.0 cm³/mol. The summed E-state index contributed by atoms with van der Waals surface area (Å²) in [5.41, 5.74) is 0.877. The van der Waals surface area contributed by atoms with E-state index in [0.29, 0.717) is 37.4 Å². The number of ether oxygens (including phenoxy) is 1. The van der Waals surface area contributed by atoms with Gasteiger partial charge in [-0.3, -0.25) is 4.79 Å². The largest absolute Gasteiger partial charge is 0.466 e. The van der Waals surface area contributed by atoms with E-state index in [2.05, 4.69) is 15.9 Å². The van der Waals surface area contributed by atoms with Crippen molar-refractivity contribution in [3.63, 3.8) is 0 Å². The van der Waals surface area contributed by atoms with Gasteiger partial charge in [-0.2, -0.15) is 4.31 Å². The van der Waals surface area contributed by atoms with Gasteiger partial charge in [0.25, 0.3) is 0 Å². The van der Waals surface area contributed by atoms with Crippen molar-refractivity contribution >= 4 is 31.9 Å². The van der Waals surface area contributed by atoms with Crippen LogP contribution in [0.5, 0.6) is 0 Å². The Morgan fingerprint density at radius 2 is 2.00 bits per heavy atom. The third kappa shape index (κ3) is 3.70. The van der Waals surface area contributed by atoms with Gasteiger partial charge in [0.15, 0.2) is 0 Å². The number of esters is 1. The van der Waals surface area contributed by atoms with Crippen molar-refractivity contribution in [2.24, 2.45) is 5.92 Å². The lowest BCUT2D eigenvalue weighted by Gasteiger charge is -2.30. The Labute approximate surface area is 139 Å². The van der Waals surface area contributed by atoms with Gasteiger partial charge < -0.3 is 4.74 Å². The molecule has 0 radical (unpaired) electrons. The molecule has 1 aromatic rings. The van der Waals surface area contributed by atoms with Crippen LogP contribution in [0.2, 0.25) is 0 Å². The fraction of sp³-hybridized carbons (Fsp3) is 0.533. The second kappa shape index (κ2) is 7.10. The zero-order valence-corrected chi connectivity index (χ0v) is 15.1. The highest BCUT2D eigenvalue weighted by Gasteiger charge is 2.32. The highest BCUT2D eigenvalue weighted by molar-refractivity contribution is 9.10. The highest BCUT2D eigenvalue weighted by atomic mass is 79.9. The van der Waals surface area contributed by atoms with Crippen LogP contribution in [-0.2, 0) is 19.6 Å². The van der Waals surface area contributed by atoms with E-state index in [1.165, 1.54) is 4.31 Å². The first-order chi connectivity index (χ1) is 10.4. The van der Waals surface area contributed by atoms with Crippen molar-refractivity contribution in [1.82, 2.24) is 4.31 Å². The Balaban J connectivity index is 2.09.